The van der Waals surface area contributed by atoms with E-state index < -0.39 is 0 Å². The van der Waals surface area contributed by atoms with Gasteiger partial charge in [0.1, 0.15) is 6.54 Å². The van der Waals surface area contributed by atoms with Crippen molar-refractivity contribution in [2.45, 2.75) is 44.8 Å². The number of carbonyl (C=O) groups is 1. The molecule has 0 aromatic carbocycles. The summed E-state index contributed by atoms with van der Waals surface area (Å²) in [7, 11) is 1.60. The minimum Gasteiger partial charge on any atom is -0.393 e. The maximum Gasteiger partial charge on any atom is 0.241 e. The van der Waals surface area contributed by atoms with Crippen LogP contribution in [0.3, 0.4) is 0 Å². The molecule has 1 amide bonds. The summed E-state index contributed by atoms with van der Waals surface area (Å²) in [4.78, 5) is 15.9. The Kier molecular flexibility index (Phi) is 8.77. The van der Waals surface area contributed by atoms with Crippen molar-refractivity contribution in [1.82, 2.24) is 16.0 Å². The van der Waals surface area contributed by atoms with E-state index in [0.29, 0.717) is 25.2 Å². The van der Waals surface area contributed by atoms with Crippen LogP contribution >= 0.6 is 0 Å². The number of aliphatic hydroxyl groups is 1. The topological polar surface area (TPSA) is 95.0 Å². The number of carbonyl (C=O) groups excluding carboxylic acids is 1. The average Bonchev–Trinajstić information content (AvgIpc) is 2.47. The molecule has 1 fully saturated rings. The summed E-state index contributed by atoms with van der Waals surface area (Å²) in [6.07, 6.45) is 3.30. The van der Waals surface area contributed by atoms with E-state index in [1.54, 1.807) is 7.11 Å². The number of hydrogen-bond acceptors (Lipinski definition) is 4. The number of rotatable bonds is 7. The number of methoxy groups -OCH3 is 1. The van der Waals surface area contributed by atoms with Gasteiger partial charge >= 0.3 is 0 Å². The van der Waals surface area contributed by atoms with Crippen molar-refractivity contribution in [3.05, 3.63) is 0 Å². The Morgan fingerprint density at radius 3 is 2.62 bits per heavy atom. The van der Waals surface area contributed by atoms with Gasteiger partial charge in [0.2, 0.25) is 5.91 Å². The summed E-state index contributed by atoms with van der Waals surface area (Å²) in [5, 5.41) is 18.7. The molecule has 7 nitrogen and oxygen atoms in total. The second-order valence-electron chi connectivity index (χ2n) is 5.19. The van der Waals surface area contributed by atoms with Crippen LogP contribution < -0.4 is 16.0 Å². The number of ether oxygens (including phenoxy) is 1. The van der Waals surface area contributed by atoms with Crippen LogP contribution in [0.15, 0.2) is 4.99 Å². The lowest BCUT2D eigenvalue weighted by atomic mass is 9.93. The van der Waals surface area contributed by atoms with Gasteiger partial charge in [0.15, 0.2) is 5.96 Å². The molecule has 1 saturated carbocycles. The molecule has 0 aromatic heterocycles. The molecule has 0 unspecified atom stereocenters. The first-order valence-electron chi connectivity index (χ1n) is 7.64. The zero-order valence-corrected chi connectivity index (χ0v) is 13.0. The van der Waals surface area contributed by atoms with Crippen molar-refractivity contribution in [3.8, 4) is 0 Å². The zero-order valence-electron chi connectivity index (χ0n) is 13.0. The fraction of sp³-hybridized carbons (Fsp3) is 0.857. The van der Waals surface area contributed by atoms with Gasteiger partial charge in [0.05, 0.1) is 12.7 Å². The Bertz CT molecular complexity index is 328. The second-order valence-corrected chi connectivity index (χ2v) is 5.19. The number of aliphatic hydroxyl groups excluding tert-OH is 1. The lowest BCUT2D eigenvalue weighted by Gasteiger charge is -2.27. The zero-order chi connectivity index (χ0) is 15.5. The van der Waals surface area contributed by atoms with Gasteiger partial charge in [0, 0.05) is 26.2 Å². The maximum absolute atomic E-state index is 11.6. The predicted octanol–water partition coefficient (Wildman–Crippen LogP) is -0.392. The largest absolute Gasteiger partial charge is 0.393 e. The van der Waals surface area contributed by atoms with Crippen LogP contribution in [-0.2, 0) is 9.53 Å². The van der Waals surface area contributed by atoms with Crippen molar-refractivity contribution in [2.24, 2.45) is 4.99 Å². The fourth-order valence-electron chi connectivity index (χ4n) is 2.23. The molecule has 122 valence electrons. The molecule has 0 atom stereocenters. The van der Waals surface area contributed by atoms with Crippen molar-refractivity contribution in [3.63, 3.8) is 0 Å². The maximum atomic E-state index is 11.6. The van der Waals surface area contributed by atoms with Gasteiger partial charge in [0.25, 0.3) is 0 Å². The third-order valence-electron chi connectivity index (χ3n) is 3.39. The summed E-state index contributed by atoms with van der Waals surface area (Å²) in [5.41, 5.74) is 0. The van der Waals surface area contributed by atoms with E-state index in [-0.39, 0.29) is 18.6 Å². The normalized spacial score (nSPS) is 22.7. The van der Waals surface area contributed by atoms with Gasteiger partial charge in [-0.3, -0.25) is 4.79 Å². The standard InChI is InChI=1S/C14H28N4O3/c1-3-15-14(17-10-13(20)16-8-9-21-2)18-11-4-6-12(19)7-5-11/h11-12,19H,3-10H2,1-2H3,(H,16,20)(H2,15,17,18). The SMILES string of the molecule is CCNC(=NCC(=O)NCCOC)NC1CCC(O)CC1. The predicted molar refractivity (Wildman–Crippen MR) is 82.3 cm³/mol. The number of hydrogen-bond donors (Lipinski definition) is 4. The van der Waals surface area contributed by atoms with Crippen molar-refractivity contribution >= 4 is 11.9 Å². The molecule has 4 N–H and O–H groups in total. The lowest BCUT2D eigenvalue weighted by Crippen LogP contribution is -2.45. The van der Waals surface area contributed by atoms with Crippen LogP contribution in [0.2, 0.25) is 0 Å². The molecule has 0 radical (unpaired) electrons. The van der Waals surface area contributed by atoms with Crippen LogP contribution in [0.25, 0.3) is 0 Å². The minimum absolute atomic E-state index is 0.0917. The molecule has 1 aliphatic rings. The monoisotopic (exact) mass is 300 g/mol. The number of amides is 1. The molecule has 21 heavy (non-hydrogen) atoms. The highest BCUT2D eigenvalue weighted by Gasteiger charge is 2.19. The first-order valence-corrected chi connectivity index (χ1v) is 7.64. The smallest absolute Gasteiger partial charge is 0.241 e. The van der Waals surface area contributed by atoms with Gasteiger partial charge in [-0.2, -0.15) is 0 Å². The van der Waals surface area contributed by atoms with E-state index in [1.165, 1.54) is 0 Å². The van der Waals surface area contributed by atoms with Gasteiger partial charge < -0.3 is 25.8 Å². The molecular formula is C14H28N4O3. The number of aliphatic imine (C=N–C) groups is 1. The third-order valence-corrected chi connectivity index (χ3v) is 3.39. The number of nitrogens with zero attached hydrogens (tertiary/aromatic N) is 1. The van der Waals surface area contributed by atoms with E-state index in [1.807, 2.05) is 6.92 Å². The van der Waals surface area contributed by atoms with Gasteiger partial charge in [-0.15, -0.1) is 0 Å². The van der Waals surface area contributed by atoms with Crippen LogP contribution in [0.4, 0.5) is 0 Å². The van der Waals surface area contributed by atoms with Crippen LogP contribution in [0.5, 0.6) is 0 Å². The fourth-order valence-corrected chi connectivity index (χ4v) is 2.23. The van der Waals surface area contributed by atoms with E-state index in [2.05, 4.69) is 20.9 Å². The summed E-state index contributed by atoms with van der Waals surface area (Å²) >= 11 is 0. The van der Waals surface area contributed by atoms with E-state index in [0.717, 1.165) is 32.2 Å². The van der Waals surface area contributed by atoms with E-state index >= 15 is 0 Å². The average molecular weight is 300 g/mol. The number of nitrogens with one attached hydrogen (secondary N) is 3. The van der Waals surface area contributed by atoms with Crippen LogP contribution in [0, 0.1) is 0 Å². The van der Waals surface area contributed by atoms with Crippen molar-refractivity contribution in [2.75, 3.05) is 33.4 Å². The highest BCUT2D eigenvalue weighted by atomic mass is 16.5. The molecule has 0 saturated heterocycles. The Balaban J connectivity index is 2.36. The molecule has 0 bridgehead atoms. The molecule has 0 aromatic rings. The first-order chi connectivity index (χ1) is 10.2. The second kappa shape index (κ2) is 10.4. The van der Waals surface area contributed by atoms with Gasteiger partial charge in [-0.25, -0.2) is 4.99 Å². The summed E-state index contributed by atoms with van der Waals surface area (Å²) in [5.74, 6) is 0.532. The summed E-state index contributed by atoms with van der Waals surface area (Å²) in [6, 6.07) is 0.308. The van der Waals surface area contributed by atoms with Gasteiger partial charge in [-0.05, 0) is 32.6 Å². The molecule has 1 rings (SSSR count). The quantitative estimate of drug-likeness (QED) is 0.292. The molecule has 0 heterocycles. The molecule has 1 aliphatic carbocycles. The molecule has 7 heteroatoms. The highest BCUT2D eigenvalue weighted by Crippen LogP contribution is 2.18. The van der Waals surface area contributed by atoms with Crippen molar-refractivity contribution in [1.29, 1.82) is 0 Å². The lowest BCUT2D eigenvalue weighted by molar-refractivity contribution is -0.119. The third kappa shape index (κ3) is 7.87. The minimum atomic E-state index is -0.172. The Labute approximate surface area is 126 Å². The number of guanidine groups is 1. The van der Waals surface area contributed by atoms with Crippen molar-refractivity contribution < 1.29 is 14.6 Å². The van der Waals surface area contributed by atoms with Gasteiger partial charge in [-0.1, -0.05) is 0 Å². The molecule has 0 aliphatic heterocycles. The first kappa shape index (κ1) is 17.7. The Hall–Kier alpha value is -1.34. The summed E-state index contributed by atoms with van der Waals surface area (Å²) < 4.78 is 4.87. The Morgan fingerprint density at radius 2 is 2.00 bits per heavy atom. The Morgan fingerprint density at radius 1 is 1.29 bits per heavy atom. The van der Waals surface area contributed by atoms with E-state index in [9.17, 15) is 9.90 Å². The summed E-state index contributed by atoms with van der Waals surface area (Å²) in [6.45, 7) is 3.81. The van der Waals surface area contributed by atoms with Crippen LogP contribution in [-0.4, -0.2) is 62.5 Å². The van der Waals surface area contributed by atoms with Crippen LogP contribution in [0.1, 0.15) is 32.6 Å². The highest BCUT2D eigenvalue weighted by molar-refractivity contribution is 5.85. The molecular weight excluding hydrogens is 272 g/mol. The van der Waals surface area contributed by atoms with E-state index in [4.69, 9.17) is 4.74 Å². The molecule has 0 spiro atoms.